The van der Waals surface area contributed by atoms with Crippen LogP contribution in [0.3, 0.4) is 0 Å². The topological polar surface area (TPSA) is 138 Å². The van der Waals surface area contributed by atoms with E-state index >= 15 is 0 Å². The minimum atomic E-state index is -0.473. The van der Waals surface area contributed by atoms with Crippen LogP contribution in [0, 0.1) is 10.1 Å². The number of nitrogens with one attached hydrogen (secondary N) is 2. The molecule has 0 atom stereocenters. The van der Waals surface area contributed by atoms with E-state index in [0.717, 1.165) is 36.5 Å². The van der Waals surface area contributed by atoms with Crippen molar-refractivity contribution in [2.75, 3.05) is 62.7 Å². The lowest BCUT2D eigenvalue weighted by Gasteiger charge is -2.30. The first-order valence-electron chi connectivity index (χ1n) is 12.7. The molecule has 0 spiro atoms. The van der Waals surface area contributed by atoms with Crippen LogP contribution < -0.4 is 10.2 Å². The van der Waals surface area contributed by atoms with Gasteiger partial charge < -0.3 is 19.9 Å². The van der Waals surface area contributed by atoms with Crippen molar-refractivity contribution >= 4 is 40.7 Å². The number of H-pyrrole nitrogens is 1. The molecule has 4 aromatic rings. The van der Waals surface area contributed by atoms with Crippen LogP contribution in [0.1, 0.15) is 0 Å². The summed E-state index contributed by atoms with van der Waals surface area (Å²) >= 11 is 12.8. The highest BCUT2D eigenvalue weighted by molar-refractivity contribution is 6.36. The van der Waals surface area contributed by atoms with Crippen molar-refractivity contribution in [2.45, 2.75) is 0 Å². The molecule has 0 bridgehead atoms. The molecule has 0 aliphatic carbocycles. The number of pyridine rings is 1. The third-order valence-corrected chi connectivity index (χ3v) is 7.02. The fourth-order valence-electron chi connectivity index (χ4n) is 4.33. The van der Waals surface area contributed by atoms with Gasteiger partial charge in [-0.15, -0.1) is 0 Å². The largest absolute Gasteiger partial charge is 0.379 e. The van der Waals surface area contributed by atoms with E-state index < -0.39 is 4.92 Å². The average molecular weight is 584 g/mol. The summed E-state index contributed by atoms with van der Waals surface area (Å²) in [5.74, 6) is 1.08. The van der Waals surface area contributed by atoms with Gasteiger partial charge in [-0.1, -0.05) is 23.2 Å². The van der Waals surface area contributed by atoms with Crippen molar-refractivity contribution in [1.82, 2.24) is 29.8 Å². The summed E-state index contributed by atoms with van der Waals surface area (Å²) in [5.41, 5.74) is 2.83. The number of nitrogens with zero attached hydrogens (tertiary/aromatic N) is 7. The predicted molar refractivity (Wildman–Crippen MR) is 154 cm³/mol. The fourth-order valence-corrected chi connectivity index (χ4v) is 4.83. The molecule has 4 heterocycles. The van der Waals surface area contributed by atoms with Gasteiger partial charge in [0, 0.05) is 67.7 Å². The summed E-state index contributed by atoms with van der Waals surface area (Å²) in [4.78, 5) is 36.0. The van der Waals surface area contributed by atoms with Crippen molar-refractivity contribution < 1.29 is 9.66 Å². The SMILES string of the molecule is O=[N+]([O-])c1ccc(NCCN(CCN2CCOCC2)c2ncc(-c3cnc[nH]3)c(-c3ccc(Cl)cc3Cl)n2)nc1. The summed E-state index contributed by atoms with van der Waals surface area (Å²) in [6, 6.07) is 8.32. The van der Waals surface area contributed by atoms with Gasteiger partial charge in [-0.05, 0) is 24.3 Å². The van der Waals surface area contributed by atoms with Gasteiger partial charge in [0.1, 0.15) is 12.0 Å². The van der Waals surface area contributed by atoms with Crippen LogP contribution in [0.2, 0.25) is 10.0 Å². The number of ether oxygens (including phenoxy) is 1. The average Bonchev–Trinajstić information content (AvgIpc) is 3.50. The van der Waals surface area contributed by atoms with Crippen molar-refractivity contribution in [3.05, 3.63) is 75.4 Å². The molecule has 0 amide bonds. The maximum Gasteiger partial charge on any atom is 0.287 e. The summed E-state index contributed by atoms with van der Waals surface area (Å²) in [6.45, 7) is 5.70. The number of rotatable bonds is 11. The maximum atomic E-state index is 10.9. The normalized spacial score (nSPS) is 13.8. The standard InChI is InChI=1S/C26H27Cl2N9O3/c27-18-1-3-20(22(28)13-18)25-21(23-16-29-17-33-23)15-32-26(34-25)36(8-7-35-9-11-40-12-10-35)6-5-30-24-4-2-19(14-31-24)37(38)39/h1-4,13-17H,5-12H2,(H,29,33)(H,30,31). The van der Waals surface area contributed by atoms with Crippen LogP contribution in [0.25, 0.3) is 22.5 Å². The Labute approximate surface area is 240 Å². The molecule has 1 aromatic carbocycles. The van der Waals surface area contributed by atoms with Crippen LogP contribution in [0.4, 0.5) is 17.5 Å². The third-order valence-electron chi connectivity index (χ3n) is 6.47. The molecule has 12 nitrogen and oxygen atoms in total. The Bertz CT molecular complexity index is 1430. The molecule has 1 fully saturated rings. The van der Waals surface area contributed by atoms with Gasteiger partial charge in [-0.2, -0.15) is 0 Å². The minimum Gasteiger partial charge on any atom is -0.379 e. The van der Waals surface area contributed by atoms with E-state index in [-0.39, 0.29) is 5.69 Å². The van der Waals surface area contributed by atoms with E-state index in [0.29, 0.717) is 60.4 Å². The van der Waals surface area contributed by atoms with Gasteiger partial charge >= 0.3 is 0 Å². The highest BCUT2D eigenvalue weighted by atomic mass is 35.5. The molecule has 1 aliphatic heterocycles. The highest BCUT2D eigenvalue weighted by Gasteiger charge is 2.20. The van der Waals surface area contributed by atoms with Crippen LogP contribution >= 0.6 is 23.2 Å². The number of imidazole rings is 1. The van der Waals surface area contributed by atoms with E-state index in [1.165, 1.54) is 12.3 Å². The van der Waals surface area contributed by atoms with Gasteiger partial charge in [0.2, 0.25) is 5.95 Å². The number of hydrogen-bond acceptors (Lipinski definition) is 10. The Morgan fingerprint density at radius 2 is 1.93 bits per heavy atom. The van der Waals surface area contributed by atoms with Gasteiger partial charge in [-0.3, -0.25) is 15.0 Å². The van der Waals surface area contributed by atoms with Crippen LogP contribution in [0.5, 0.6) is 0 Å². The van der Waals surface area contributed by atoms with E-state index in [1.54, 1.807) is 36.9 Å². The van der Waals surface area contributed by atoms with Gasteiger partial charge in [0.05, 0.1) is 47.1 Å². The zero-order valence-electron chi connectivity index (χ0n) is 21.5. The maximum absolute atomic E-state index is 10.9. The first-order chi connectivity index (χ1) is 19.5. The van der Waals surface area contributed by atoms with Gasteiger partial charge in [0.15, 0.2) is 0 Å². The molecule has 208 valence electrons. The summed E-state index contributed by atoms with van der Waals surface area (Å²) < 4.78 is 5.49. The lowest BCUT2D eigenvalue weighted by molar-refractivity contribution is -0.385. The third kappa shape index (κ3) is 6.83. The predicted octanol–water partition coefficient (Wildman–Crippen LogP) is 4.39. The second-order valence-electron chi connectivity index (χ2n) is 9.05. The molecule has 0 saturated carbocycles. The van der Waals surface area contributed by atoms with Crippen LogP contribution in [0.15, 0.2) is 55.2 Å². The van der Waals surface area contributed by atoms with Crippen molar-refractivity contribution in [2.24, 2.45) is 0 Å². The molecule has 2 N–H and O–H groups in total. The quantitative estimate of drug-likeness (QED) is 0.193. The molecule has 0 radical (unpaired) electrons. The zero-order valence-corrected chi connectivity index (χ0v) is 23.0. The Kier molecular flexibility index (Phi) is 9.01. The van der Waals surface area contributed by atoms with Crippen molar-refractivity contribution in [1.29, 1.82) is 0 Å². The molecular weight excluding hydrogens is 557 g/mol. The lowest BCUT2D eigenvalue weighted by Crippen LogP contribution is -2.43. The number of aromatic amines is 1. The van der Waals surface area contributed by atoms with E-state index in [4.69, 9.17) is 37.9 Å². The number of hydrogen-bond donors (Lipinski definition) is 2. The zero-order chi connectivity index (χ0) is 27.9. The van der Waals surface area contributed by atoms with Gasteiger partial charge in [0.25, 0.3) is 5.69 Å². The summed E-state index contributed by atoms with van der Waals surface area (Å²) in [7, 11) is 0. The molecule has 5 rings (SSSR count). The number of aromatic nitrogens is 5. The Morgan fingerprint density at radius 1 is 1.07 bits per heavy atom. The van der Waals surface area contributed by atoms with Crippen molar-refractivity contribution in [3.63, 3.8) is 0 Å². The van der Waals surface area contributed by atoms with Gasteiger partial charge in [-0.25, -0.2) is 19.9 Å². The van der Waals surface area contributed by atoms with E-state index in [9.17, 15) is 10.1 Å². The van der Waals surface area contributed by atoms with Crippen LogP contribution in [-0.4, -0.2) is 87.2 Å². The fraction of sp³-hybridized carbons (Fsp3) is 0.308. The smallest absolute Gasteiger partial charge is 0.287 e. The van der Waals surface area contributed by atoms with E-state index in [1.807, 2.05) is 6.07 Å². The van der Waals surface area contributed by atoms with Crippen LogP contribution in [-0.2, 0) is 4.74 Å². The lowest BCUT2D eigenvalue weighted by atomic mass is 10.1. The molecule has 14 heteroatoms. The first-order valence-corrected chi connectivity index (χ1v) is 13.4. The number of nitro groups is 1. The Balaban J connectivity index is 1.42. The molecule has 0 unspecified atom stereocenters. The summed E-state index contributed by atoms with van der Waals surface area (Å²) in [5, 5.41) is 15.2. The number of benzene rings is 1. The summed E-state index contributed by atoms with van der Waals surface area (Å²) in [6.07, 6.45) is 6.31. The Hall–Kier alpha value is -3.84. The highest BCUT2D eigenvalue weighted by Crippen LogP contribution is 2.35. The number of morpholine rings is 1. The van der Waals surface area contributed by atoms with E-state index in [2.05, 4.69) is 30.1 Å². The number of halogens is 2. The molecule has 3 aromatic heterocycles. The molecular formula is C26H27Cl2N9O3. The second kappa shape index (κ2) is 13.0. The first kappa shape index (κ1) is 27.7. The Morgan fingerprint density at radius 3 is 2.62 bits per heavy atom. The molecule has 1 saturated heterocycles. The second-order valence-corrected chi connectivity index (χ2v) is 9.89. The minimum absolute atomic E-state index is 0.0585. The molecule has 1 aliphatic rings. The molecule has 40 heavy (non-hydrogen) atoms. The van der Waals surface area contributed by atoms with Crippen molar-refractivity contribution in [3.8, 4) is 22.5 Å². The monoisotopic (exact) mass is 583 g/mol. The number of anilines is 2.